The second kappa shape index (κ2) is 5.02. The molecule has 0 atom stereocenters. The third kappa shape index (κ3) is 2.36. The van der Waals surface area contributed by atoms with Crippen molar-refractivity contribution < 1.29 is 0 Å². The van der Waals surface area contributed by atoms with Gasteiger partial charge in [0.1, 0.15) is 5.82 Å². The van der Waals surface area contributed by atoms with Gasteiger partial charge in [0.2, 0.25) is 0 Å². The van der Waals surface area contributed by atoms with Gasteiger partial charge >= 0.3 is 0 Å². The Kier molecular flexibility index (Phi) is 3.61. The van der Waals surface area contributed by atoms with Gasteiger partial charge in [-0.25, -0.2) is 9.97 Å². The Morgan fingerprint density at radius 2 is 2.00 bits per heavy atom. The van der Waals surface area contributed by atoms with E-state index in [-0.39, 0.29) is 5.92 Å². The second-order valence-corrected chi connectivity index (χ2v) is 5.27. The van der Waals surface area contributed by atoms with E-state index in [2.05, 4.69) is 44.7 Å². The first-order chi connectivity index (χ1) is 8.50. The number of hydrogen-bond donors (Lipinski definition) is 1. The lowest BCUT2D eigenvalue weighted by Gasteiger charge is -2.12. The maximum Gasteiger partial charge on any atom is 0.163 e. The fraction of sp³-hybridized carbons (Fsp3) is 0.308. The van der Waals surface area contributed by atoms with Gasteiger partial charge in [-0.15, -0.1) is 0 Å². The average molecular weight is 307 g/mol. The lowest BCUT2D eigenvalue weighted by Crippen LogP contribution is -2.05. The lowest BCUT2D eigenvalue weighted by molar-refractivity contribution is 0.810. The van der Waals surface area contributed by atoms with E-state index in [9.17, 15) is 0 Å². The SMILES string of the molecule is Cc1ccncc1-c1nc(N)c(Br)c(C(C)C)n1. The van der Waals surface area contributed by atoms with E-state index in [1.54, 1.807) is 12.4 Å². The molecule has 4 nitrogen and oxygen atoms in total. The smallest absolute Gasteiger partial charge is 0.163 e. The molecule has 0 saturated heterocycles. The van der Waals surface area contributed by atoms with Crippen LogP contribution >= 0.6 is 15.9 Å². The first-order valence-corrected chi connectivity index (χ1v) is 6.54. The summed E-state index contributed by atoms with van der Waals surface area (Å²) in [7, 11) is 0. The number of aryl methyl sites for hydroxylation is 1. The Balaban J connectivity index is 2.63. The molecule has 2 aromatic heterocycles. The van der Waals surface area contributed by atoms with Gasteiger partial charge in [-0.05, 0) is 40.4 Å². The van der Waals surface area contributed by atoms with E-state index in [0.717, 1.165) is 21.3 Å². The van der Waals surface area contributed by atoms with Gasteiger partial charge in [0.15, 0.2) is 5.82 Å². The van der Waals surface area contributed by atoms with Crippen LogP contribution in [0.25, 0.3) is 11.4 Å². The van der Waals surface area contributed by atoms with Crippen LogP contribution in [0.3, 0.4) is 0 Å². The standard InChI is InChI=1S/C13H15BrN4/c1-7(2)11-10(14)12(15)18-13(17-11)9-6-16-5-4-8(9)3/h4-7H,1-3H3,(H2,15,17,18). The maximum atomic E-state index is 5.93. The highest BCUT2D eigenvalue weighted by atomic mass is 79.9. The molecule has 0 aliphatic carbocycles. The second-order valence-electron chi connectivity index (χ2n) is 4.48. The predicted octanol–water partition coefficient (Wildman–Crippen LogP) is 3.32. The number of anilines is 1. The van der Waals surface area contributed by atoms with Crippen molar-refractivity contribution in [1.82, 2.24) is 15.0 Å². The summed E-state index contributed by atoms with van der Waals surface area (Å²) in [6.45, 7) is 6.16. The molecule has 94 valence electrons. The Bertz CT molecular complexity index is 581. The number of hydrogen-bond acceptors (Lipinski definition) is 4. The lowest BCUT2D eigenvalue weighted by atomic mass is 10.1. The third-order valence-electron chi connectivity index (χ3n) is 2.73. The van der Waals surface area contributed by atoms with Crippen molar-refractivity contribution >= 4 is 21.7 Å². The summed E-state index contributed by atoms with van der Waals surface area (Å²) in [5, 5.41) is 0. The zero-order valence-corrected chi connectivity index (χ0v) is 12.2. The van der Waals surface area contributed by atoms with Crippen LogP contribution in [0.2, 0.25) is 0 Å². The van der Waals surface area contributed by atoms with E-state index in [0.29, 0.717) is 11.6 Å². The molecule has 0 bridgehead atoms. The van der Waals surface area contributed by atoms with Gasteiger partial charge in [0.05, 0.1) is 10.2 Å². The topological polar surface area (TPSA) is 64.7 Å². The monoisotopic (exact) mass is 306 g/mol. The number of pyridine rings is 1. The van der Waals surface area contributed by atoms with Crippen LogP contribution in [-0.2, 0) is 0 Å². The molecule has 0 spiro atoms. The van der Waals surface area contributed by atoms with E-state index in [1.807, 2.05) is 13.0 Å². The van der Waals surface area contributed by atoms with Crippen molar-refractivity contribution in [2.75, 3.05) is 5.73 Å². The van der Waals surface area contributed by atoms with Crippen LogP contribution in [0.5, 0.6) is 0 Å². The van der Waals surface area contributed by atoms with Gasteiger partial charge in [-0.2, -0.15) is 0 Å². The van der Waals surface area contributed by atoms with Crippen LogP contribution < -0.4 is 5.73 Å². The number of nitrogen functional groups attached to an aromatic ring is 1. The van der Waals surface area contributed by atoms with Gasteiger partial charge in [0.25, 0.3) is 0 Å². The van der Waals surface area contributed by atoms with Crippen LogP contribution in [-0.4, -0.2) is 15.0 Å². The van der Waals surface area contributed by atoms with Crippen LogP contribution in [0, 0.1) is 6.92 Å². The summed E-state index contributed by atoms with van der Waals surface area (Å²) < 4.78 is 0.780. The summed E-state index contributed by atoms with van der Waals surface area (Å²) in [5.74, 6) is 1.37. The van der Waals surface area contributed by atoms with Gasteiger partial charge in [-0.1, -0.05) is 13.8 Å². The van der Waals surface area contributed by atoms with Crippen molar-refractivity contribution in [3.8, 4) is 11.4 Å². The Labute approximate surface area is 115 Å². The summed E-state index contributed by atoms with van der Waals surface area (Å²) in [5.41, 5.74) is 8.85. The first-order valence-electron chi connectivity index (χ1n) is 5.74. The normalized spacial score (nSPS) is 10.9. The Morgan fingerprint density at radius 1 is 1.28 bits per heavy atom. The van der Waals surface area contributed by atoms with Crippen LogP contribution in [0.15, 0.2) is 22.9 Å². The molecule has 2 N–H and O–H groups in total. The molecule has 0 amide bonds. The number of nitrogens with two attached hydrogens (primary N) is 1. The molecular weight excluding hydrogens is 292 g/mol. The third-order valence-corrected chi connectivity index (χ3v) is 3.54. The molecule has 0 saturated carbocycles. The van der Waals surface area contributed by atoms with Crippen molar-refractivity contribution in [3.63, 3.8) is 0 Å². The zero-order valence-electron chi connectivity index (χ0n) is 10.6. The van der Waals surface area contributed by atoms with Crippen molar-refractivity contribution in [1.29, 1.82) is 0 Å². The Hall–Kier alpha value is -1.49. The van der Waals surface area contributed by atoms with Crippen LogP contribution in [0.4, 0.5) is 5.82 Å². The van der Waals surface area contributed by atoms with Crippen molar-refractivity contribution in [3.05, 3.63) is 34.2 Å². The van der Waals surface area contributed by atoms with Gasteiger partial charge < -0.3 is 5.73 Å². The molecule has 0 radical (unpaired) electrons. The summed E-state index contributed by atoms with van der Waals surface area (Å²) in [4.78, 5) is 13.0. The summed E-state index contributed by atoms with van der Waals surface area (Å²) in [6, 6.07) is 1.94. The molecular formula is C13H15BrN4. The number of rotatable bonds is 2. The highest BCUT2D eigenvalue weighted by Crippen LogP contribution is 2.30. The number of nitrogens with zero attached hydrogens (tertiary/aromatic N) is 3. The summed E-state index contributed by atoms with van der Waals surface area (Å²) in [6.07, 6.45) is 3.52. The fourth-order valence-electron chi connectivity index (χ4n) is 1.68. The van der Waals surface area contributed by atoms with Gasteiger partial charge in [0, 0.05) is 18.0 Å². The van der Waals surface area contributed by atoms with E-state index < -0.39 is 0 Å². The van der Waals surface area contributed by atoms with Crippen LogP contribution in [0.1, 0.15) is 31.0 Å². The van der Waals surface area contributed by atoms with E-state index in [4.69, 9.17) is 5.73 Å². The summed E-state index contributed by atoms with van der Waals surface area (Å²) >= 11 is 3.44. The fourth-order valence-corrected chi connectivity index (χ4v) is 2.32. The van der Waals surface area contributed by atoms with Crippen molar-refractivity contribution in [2.45, 2.75) is 26.7 Å². The Morgan fingerprint density at radius 3 is 2.61 bits per heavy atom. The largest absolute Gasteiger partial charge is 0.383 e. The molecule has 0 aliphatic heterocycles. The molecule has 0 unspecified atom stereocenters. The zero-order chi connectivity index (χ0) is 13.3. The first kappa shape index (κ1) is 13.0. The number of aromatic nitrogens is 3. The molecule has 2 aromatic rings. The maximum absolute atomic E-state index is 5.93. The molecule has 18 heavy (non-hydrogen) atoms. The molecule has 0 aromatic carbocycles. The quantitative estimate of drug-likeness (QED) is 0.924. The molecule has 5 heteroatoms. The molecule has 2 heterocycles. The average Bonchev–Trinajstić information content (AvgIpc) is 2.33. The predicted molar refractivity (Wildman–Crippen MR) is 76.2 cm³/mol. The van der Waals surface area contributed by atoms with Gasteiger partial charge in [-0.3, -0.25) is 4.98 Å². The molecule has 2 rings (SSSR count). The molecule has 0 aliphatic rings. The highest BCUT2D eigenvalue weighted by Gasteiger charge is 2.15. The minimum absolute atomic E-state index is 0.278. The van der Waals surface area contributed by atoms with Crippen molar-refractivity contribution in [2.24, 2.45) is 0 Å². The number of halogens is 1. The minimum atomic E-state index is 0.278. The van der Waals surface area contributed by atoms with E-state index in [1.165, 1.54) is 0 Å². The minimum Gasteiger partial charge on any atom is -0.383 e. The van der Waals surface area contributed by atoms with E-state index >= 15 is 0 Å². The molecule has 0 fully saturated rings. The highest BCUT2D eigenvalue weighted by molar-refractivity contribution is 9.10.